The van der Waals surface area contributed by atoms with Crippen molar-refractivity contribution >= 4 is 5.91 Å². The number of aliphatic hydroxyl groups is 3. The summed E-state index contributed by atoms with van der Waals surface area (Å²) in [6.45, 7) is 3.36. The molecular formula is C17H32N2O9. The van der Waals surface area contributed by atoms with Crippen molar-refractivity contribution in [2.75, 3.05) is 59.8 Å². The highest BCUT2D eigenvalue weighted by Crippen LogP contribution is 2.22. The first-order chi connectivity index (χ1) is 13.5. The predicted octanol–water partition coefficient (Wildman–Crippen LogP) is -2.88. The van der Waals surface area contributed by atoms with Crippen LogP contribution < -0.4 is 11.1 Å². The minimum absolute atomic E-state index is 0.291. The maximum absolute atomic E-state index is 11.8. The molecule has 0 radical (unpaired) electrons. The van der Waals surface area contributed by atoms with Gasteiger partial charge in [0, 0.05) is 26.3 Å². The minimum atomic E-state index is -1.45. The third kappa shape index (κ3) is 9.37. The van der Waals surface area contributed by atoms with E-state index in [2.05, 4.69) is 5.32 Å². The van der Waals surface area contributed by atoms with Crippen molar-refractivity contribution < 1.29 is 43.8 Å². The van der Waals surface area contributed by atoms with Crippen molar-refractivity contribution in [3.8, 4) is 0 Å². The quantitative estimate of drug-likeness (QED) is 0.149. The lowest BCUT2D eigenvalue weighted by atomic mass is 9.98. The fraction of sp³-hybridized carbons (Fsp3) is 0.824. The Bertz CT molecular complexity index is 450. The predicted molar refractivity (Wildman–Crippen MR) is 97.4 cm³/mol. The number of carbonyl (C=O) groups is 1. The zero-order valence-electron chi connectivity index (χ0n) is 16.1. The molecule has 0 spiro atoms. The average Bonchev–Trinajstić information content (AvgIpc) is 2.69. The molecule has 0 aromatic rings. The molecule has 1 aliphatic heterocycles. The zero-order valence-corrected chi connectivity index (χ0v) is 16.1. The smallest absolute Gasteiger partial charge is 0.243 e. The van der Waals surface area contributed by atoms with E-state index in [1.54, 1.807) is 0 Å². The molecular weight excluding hydrogens is 376 g/mol. The van der Waals surface area contributed by atoms with Gasteiger partial charge >= 0.3 is 0 Å². The lowest BCUT2D eigenvalue weighted by Crippen LogP contribution is -2.57. The van der Waals surface area contributed by atoms with E-state index in [1.165, 1.54) is 19.3 Å². The third-order valence-corrected chi connectivity index (χ3v) is 3.83. The van der Waals surface area contributed by atoms with Crippen LogP contribution in [0.2, 0.25) is 0 Å². The normalized spacial score (nSPS) is 28.0. The molecule has 3 unspecified atom stereocenters. The Kier molecular flexibility index (Phi) is 13.1. The van der Waals surface area contributed by atoms with E-state index >= 15 is 0 Å². The summed E-state index contributed by atoms with van der Waals surface area (Å²) < 4.78 is 25.9. The number of aliphatic hydroxyl groups excluding tert-OH is 3. The fourth-order valence-corrected chi connectivity index (χ4v) is 2.34. The third-order valence-electron chi connectivity index (χ3n) is 3.83. The van der Waals surface area contributed by atoms with Crippen LogP contribution in [0.3, 0.4) is 0 Å². The van der Waals surface area contributed by atoms with Gasteiger partial charge in [-0.15, -0.1) is 0 Å². The maximum atomic E-state index is 11.8. The van der Waals surface area contributed by atoms with E-state index in [1.807, 2.05) is 0 Å². The van der Waals surface area contributed by atoms with Gasteiger partial charge in [0.1, 0.15) is 24.4 Å². The van der Waals surface area contributed by atoms with Crippen molar-refractivity contribution in [2.24, 2.45) is 5.73 Å². The highest BCUT2D eigenvalue weighted by atomic mass is 16.7. The molecule has 11 heteroatoms. The van der Waals surface area contributed by atoms with Gasteiger partial charge in [0.05, 0.1) is 39.6 Å². The number of nitrogens with two attached hydrogens (primary N) is 1. The molecule has 6 N–H and O–H groups in total. The number of amides is 1. The van der Waals surface area contributed by atoms with Crippen LogP contribution in [0.1, 0.15) is 0 Å². The molecule has 1 saturated heterocycles. The summed E-state index contributed by atoms with van der Waals surface area (Å²) in [5, 5.41) is 31.9. The molecule has 0 aromatic heterocycles. The largest absolute Gasteiger partial charge is 0.387 e. The summed E-state index contributed by atoms with van der Waals surface area (Å²) in [6, 6.07) is 0. The van der Waals surface area contributed by atoms with Crippen LogP contribution in [0.4, 0.5) is 0 Å². The first kappa shape index (κ1) is 24.9. The first-order valence-electron chi connectivity index (χ1n) is 9.13. The molecule has 1 rings (SSSR count). The minimum Gasteiger partial charge on any atom is -0.387 e. The molecule has 0 aromatic carbocycles. The van der Waals surface area contributed by atoms with Crippen LogP contribution in [-0.2, 0) is 28.5 Å². The van der Waals surface area contributed by atoms with Crippen molar-refractivity contribution in [1.29, 1.82) is 0 Å². The van der Waals surface area contributed by atoms with E-state index in [9.17, 15) is 20.1 Å². The van der Waals surface area contributed by atoms with E-state index in [0.717, 1.165) is 0 Å². The first-order valence-corrected chi connectivity index (χ1v) is 9.13. The average molecular weight is 408 g/mol. The highest BCUT2D eigenvalue weighted by molar-refractivity contribution is 5.87. The number of nitrogens with one attached hydrogen (secondary N) is 1. The van der Waals surface area contributed by atoms with Gasteiger partial charge < -0.3 is 50.1 Å². The van der Waals surface area contributed by atoms with Crippen LogP contribution >= 0.6 is 0 Å². The number of rotatable bonds is 14. The number of hydrogen-bond acceptors (Lipinski definition) is 10. The number of carbonyl (C=O) groups excluding carboxylic acids is 1. The molecule has 0 bridgehead atoms. The monoisotopic (exact) mass is 408 g/mol. The van der Waals surface area contributed by atoms with Gasteiger partial charge in [-0.1, -0.05) is 0 Å². The molecule has 1 fully saturated rings. The van der Waals surface area contributed by atoms with Crippen molar-refractivity contribution in [2.45, 2.75) is 30.7 Å². The number of hydrogen-bond donors (Lipinski definition) is 5. The second kappa shape index (κ2) is 14.8. The molecule has 1 amide bonds. The topological polar surface area (TPSA) is 162 Å². The summed E-state index contributed by atoms with van der Waals surface area (Å²) >= 11 is 0. The van der Waals surface area contributed by atoms with Crippen LogP contribution in [0, 0.1) is 0 Å². The lowest BCUT2D eigenvalue weighted by Gasteiger charge is -2.38. The Balaban J connectivity index is 2.11. The van der Waals surface area contributed by atoms with Crippen LogP contribution in [0.15, 0.2) is 12.2 Å². The lowest BCUT2D eigenvalue weighted by molar-refractivity contribution is -0.279. The summed E-state index contributed by atoms with van der Waals surface area (Å²) in [4.78, 5) is 11.8. The van der Waals surface area contributed by atoms with Gasteiger partial charge in [0.2, 0.25) is 5.91 Å². The van der Waals surface area contributed by atoms with Gasteiger partial charge in [-0.25, -0.2) is 0 Å². The fourth-order valence-electron chi connectivity index (χ4n) is 2.34. The molecule has 0 saturated carbocycles. The molecule has 11 nitrogen and oxygen atoms in total. The van der Waals surface area contributed by atoms with E-state index in [4.69, 9.17) is 29.4 Å². The molecule has 5 atom stereocenters. The molecule has 28 heavy (non-hydrogen) atoms. The second-order valence-corrected chi connectivity index (χ2v) is 5.95. The van der Waals surface area contributed by atoms with Gasteiger partial charge in [0.25, 0.3) is 0 Å². The summed E-state index contributed by atoms with van der Waals surface area (Å²) in [5.74, 6) is -0.415. The Labute approximate surface area is 164 Å². The van der Waals surface area contributed by atoms with Crippen LogP contribution in [-0.4, -0.2) is 112 Å². The van der Waals surface area contributed by atoms with E-state index in [0.29, 0.717) is 52.7 Å². The zero-order chi connectivity index (χ0) is 20.8. The molecule has 164 valence electrons. The van der Waals surface area contributed by atoms with Gasteiger partial charge in [-0.3, -0.25) is 4.79 Å². The van der Waals surface area contributed by atoms with Crippen molar-refractivity contribution in [3.05, 3.63) is 12.2 Å². The summed E-state index contributed by atoms with van der Waals surface area (Å²) in [6.07, 6.45) is -3.82. The Morgan fingerprint density at radius 3 is 2.21 bits per heavy atom. The standard InChI is InChI=1S/C17H32N2O9/c1-24-17-16(23)15(22)14(21)12(28-17)2-3-13(20)19-5-7-26-9-11-27-10-8-25-6-4-18/h2-3,12,14-17,21-23H,4-11,18H2,1H3,(H,19,20)/b3-2+/t12?,14-,15?,16?,17+/m1/s1. The highest BCUT2D eigenvalue weighted by Gasteiger charge is 2.42. The molecule has 0 aliphatic carbocycles. The molecule has 1 heterocycles. The Morgan fingerprint density at radius 2 is 1.61 bits per heavy atom. The SMILES string of the molecule is CO[C@H]1OC(/C=C/C(=O)NCCOCCOCCOCCN)[C@@H](O)C(O)C1O. The van der Waals surface area contributed by atoms with Crippen LogP contribution in [0.25, 0.3) is 0 Å². The van der Waals surface area contributed by atoms with Gasteiger partial charge in [0.15, 0.2) is 6.29 Å². The maximum Gasteiger partial charge on any atom is 0.243 e. The van der Waals surface area contributed by atoms with Crippen LogP contribution in [0.5, 0.6) is 0 Å². The summed E-state index contributed by atoms with van der Waals surface area (Å²) in [5.41, 5.74) is 5.28. The summed E-state index contributed by atoms with van der Waals surface area (Å²) in [7, 11) is 1.30. The Morgan fingerprint density at radius 1 is 1.00 bits per heavy atom. The van der Waals surface area contributed by atoms with Gasteiger partial charge in [-0.2, -0.15) is 0 Å². The second-order valence-electron chi connectivity index (χ2n) is 5.95. The van der Waals surface area contributed by atoms with Gasteiger partial charge in [-0.05, 0) is 6.08 Å². The molecule has 1 aliphatic rings. The number of ether oxygens (including phenoxy) is 5. The Hall–Kier alpha value is -1.15. The van der Waals surface area contributed by atoms with E-state index < -0.39 is 36.6 Å². The van der Waals surface area contributed by atoms with E-state index in [-0.39, 0.29) is 0 Å². The van der Waals surface area contributed by atoms with Crippen molar-refractivity contribution in [1.82, 2.24) is 5.32 Å². The van der Waals surface area contributed by atoms with Crippen molar-refractivity contribution in [3.63, 3.8) is 0 Å². The number of methoxy groups -OCH3 is 1.